The first-order valence-corrected chi connectivity index (χ1v) is 9.01. The van der Waals surface area contributed by atoms with Crippen molar-refractivity contribution in [1.29, 1.82) is 0 Å². The summed E-state index contributed by atoms with van der Waals surface area (Å²) in [7, 11) is 0. The third-order valence-electron chi connectivity index (χ3n) is 4.88. The van der Waals surface area contributed by atoms with Crippen LogP contribution in [0.1, 0.15) is 11.1 Å². The van der Waals surface area contributed by atoms with Crippen LogP contribution in [0.2, 0.25) is 0 Å². The zero-order valence-corrected chi connectivity index (χ0v) is 14.7. The van der Waals surface area contributed by atoms with Gasteiger partial charge in [-0.1, -0.05) is 84.9 Å². The Kier molecular flexibility index (Phi) is 4.85. The number of nitrogens with zero attached hydrogens (tertiary/aromatic N) is 1. The maximum absolute atomic E-state index is 11.1. The lowest BCUT2D eigenvalue weighted by atomic mass is 9.99. The van der Waals surface area contributed by atoms with Crippen LogP contribution in [0.25, 0.3) is 11.1 Å². The predicted molar refractivity (Wildman–Crippen MR) is 103 cm³/mol. The first-order valence-electron chi connectivity index (χ1n) is 9.01. The maximum atomic E-state index is 11.1. The van der Waals surface area contributed by atoms with Gasteiger partial charge in [0.25, 0.3) is 0 Å². The minimum Gasteiger partial charge on any atom is -0.361 e. The third kappa shape index (κ3) is 3.70. The van der Waals surface area contributed by atoms with Crippen molar-refractivity contribution in [2.75, 3.05) is 19.7 Å². The molecule has 0 aliphatic carbocycles. The molecule has 1 N–H and O–H groups in total. The lowest BCUT2D eigenvalue weighted by Crippen LogP contribution is -2.49. The normalized spacial score (nSPS) is 20.8. The average molecular weight is 345 g/mol. The minimum absolute atomic E-state index is 0.465. The Morgan fingerprint density at radius 2 is 1.42 bits per heavy atom. The molecular formula is C23H23NO2. The molecule has 1 heterocycles. The monoisotopic (exact) mass is 345 g/mol. The van der Waals surface area contributed by atoms with E-state index in [1.165, 1.54) is 11.1 Å². The van der Waals surface area contributed by atoms with E-state index in [1.54, 1.807) is 0 Å². The van der Waals surface area contributed by atoms with Crippen LogP contribution in [0.5, 0.6) is 0 Å². The van der Waals surface area contributed by atoms with Crippen LogP contribution in [0.3, 0.4) is 0 Å². The molecule has 0 aromatic heterocycles. The molecule has 1 unspecified atom stereocenters. The van der Waals surface area contributed by atoms with Crippen LogP contribution in [-0.4, -0.2) is 29.7 Å². The van der Waals surface area contributed by atoms with Crippen molar-refractivity contribution in [2.24, 2.45) is 0 Å². The molecule has 132 valence electrons. The highest BCUT2D eigenvalue weighted by atomic mass is 16.6. The van der Waals surface area contributed by atoms with E-state index in [-0.39, 0.29) is 0 Å². The lowest BCUT2D eigenvalue weighted by molar-refractivity contribution is -0.249. The fraction of sp³-hybridized carbons (Fsp3) is 0.217. The number of hydrogen-bond acceptors (Lipinski definition) is 3. The molecule has 0 radical (unpaired) electrons. The molecule has 0 bridgehead atoms. The van der Waals surface area contributed by atoms with Gasteiger partial charge in [0.1, 0.15) is 0 Å². The van der Waals surface area contributed by atoms with Crippen LogP contribution in [0, 0.1) is 0 Å². The first-order chi connectivity index (χ1) is 12.7. The largest absolute Gasteiger partial charge is 0.361 e. The molecule has 3 aromatic rings. The lowest BCUT2D eigenvalue weighted by Gasteiger charge is -2.39. The summed E-state index contributed by atoms with van der Waals surface area (Å²) in [5, 5.41) is 11.1. The van der Waals surface area contributed by atoms with Gasteiger partial charge in [0.15, 0.2) is 0 Å². The van der Waals surface area contributed by atoms with Gasteiger partial charge in [0.2, 0.25) is 5.79 Å². The Balaban J connectivity index is 1.50. The molecule has 3 heteroatoms. The van der Waals surface area contributed by atoms with Crippen LogP contribution in [0.4, 0.5) is 0 Å². The van der Waals surface area contributed by atoms with Crippen molar-refractivity contribution < 1.29 is 9.84 Å². The van der Waals surface area contributed by atoms with Crippen molar-refractivity contribution >= 4 is 0 Å². The Hall–Kier alpha value is -2.46. The zero-order valence-electron chi connectivity index (χ0n) is 14.7. The van der Waals surface area contributed by atoms with Crippen molar-refractivity contribution in [2.45, 2.75) is 12.3 Å². The van der Waals surface area contributed by atoms with Crippen molar-refractivity contribution in [3.05, 3.63) is 96.1 Å². The molecule has 4 rings (SSSR count). The van der Waals surface area contributed by atoms with Crippen molar-refractivity contribution in [3.63, 3.8) is 0 Å². The summed E-state index contributed by atoms with van der Waals surface area (Å²) >= 11 is 0. The van der Waals surface area contributed by atoms with Crippen LogP contribution in [0.15, 0.2) is 84.9 Å². The molecule has 1 aliphatic rings. The number of hydrogen-bond donors (Lipinski definition) is 1. The number of ether oxygens (including phenoxy) is 1. The van der Waals surface area contributed by atoms with E-state index in [1.807, 2.05) is 60.7 Å². The molecular weight excluding hydrogens is 322 g/mol. The fourth-order valence-corrected chi connectivity index (χ4v) is 3.48. The molecule has 1 saturated heterocycles. The van der Waals surface area contributed by atoms with Gasteiger partial charge >= 0.3 is 0 Å². The third-order valence-corrected chi connectivity index (χ3v) is 4.88. The highest BCUT2D eigenvalue weighted by Crippen LogP contribution is 2.30. The van der Waals surface area contributed by atoms with Gasteiger partial charge in [0, 0.05) is 18.7 Å². The van der Waals surface area contributed by atoms with Crippen LogP contribution >= 0.6 is 0 Å². The van der Waals surface area contributed by atoms with Gasteiger partial charge in [0.05, 0.1) is 13.2 Å². The molecule has 1 fully saturated rings. The van der Waals surface area contributed by atoms with Gasteiger partial charge in [-0.15, -0.1) is 0 Å². The number of morpholine rings is 1. The van der Waals surface area contributed by atoms with E-state index < -0.39 is 5.79 Å². The minimum atomic E-state index is -1.26. The van der Waals surface area contributed by atoms with E-state index in [2.05, 4.69) is 29.2 Å². The van der Waals surface area contributed by atoms with E-state index in [0.717, 1.165) is 24.2 Å². The molecule has 26 heavy (non-hydrogen) atoms. The van der Waals surface area contributed by atoms with Gasteiger partial charge < -0.3 is 9.84 Å². The predicted octanol–water partition coefficient (Wildman–Crippen LogP) is 4.03. The molecule has 3 nitrogen and oxygen atoms in total. The summed E-state index contributed by atoms with van der Waals surface area (Å²) < 4.78 is 5.78. The summed E-state index contributed by atoms with van der Waals surface area (Å²) in [5.74, 6) is -1.26. The summed E-state index contributed by atoms with van der Waals surface area (Å²) in [5.41, 5.74) is 4.35. The number of aliphatic hydroxyl groups is 1. The van der Waals surface area contributed by atoms with Crippen LogP contribution in [-0.2, 0) is 17.1 Å². The molecule has 0 spiro atoms. The van der Waals surface area contributed by atoms with Gasteiger partial charge in [-0.2, -0.15) is 0 Å². The molecule has 0 saturated carbocycles. The Morgan fingerprint density at radius 1 is 0.808 bits per heavy atom. The Bertz CT molecular complexity index is 833. The van der Waals surface area contributed by atoms with Crippen molar-refractivity contribution in [3.8, 4) is 11.1 Å². The zero-order chi connectivity index (χ0) is 17.8. The molecule has 1 aliphatic heterocycles. The smallest absolute Gasteiger partial charge is 0.205 e. The second kappa shape index (κ2) is 7.42. The fourth-order valence-electron chi connectivity index (χ4n) is 3.48. The maximum Gasteiger partial charge on any atom is 0.205 e. The van der Waals surface area contributed by atoms with Gasteiger partial charge in [-0.3, -0.25) is 4.90 Å². The quantitative estimate of drug-likeness (QED) is 0.775. The Labute approximate surface area is 154 Å². The molecule has 0 amide bonds. The topological polar surface area (TPSA) is 32.7 Å². The Morgan fingerprint density at radius 3 is 2.12 bits per heavy atom. The summed E-state index contributed by atoms with van der Waals surface area (Å²) in [6.07, 6.45) is 0. The number of benzene rings is 3. The number of rotatable bonds is 4. The van der Waals surface area contributed by atoms with Gasteiger partial charge in [-0.25, -0.2) is 0 Å². The average Bonchev–Trinajstić information content (AvgIpc) is 2.70. The second-order valence-corrected chi connectivity index (χ2v) is 6.77. The highest BCUT2D eigenvalue weighted by molar-refractivity contribution is 5.63. The molecule has 1 atom stereocenters. The first kappa shape index (κ1) is 17.0. The molecule has 3 aromatic carbocycles. The highest BCUT2D eigenvalue weighted by Gasteiger charge is 2.36. The van der Waals surface area contributed by atoms with E-state index in [4.69, 9.17) is 4.74 Å². The van der Waals surface area contributed by atoms with Crippen molar-refractivity contribution in [1.82, 2.24) is 4.90 Å². The second-order valence-electron chi connectivity index (χ2n) is 6.77. The standard InChI is InChI=1S/C23H23NO2/c25-23(18-24(15-16-26-23)17-19-7-3-1-4-8-19)22-13-11-21(12-14-22)20-9-5-2-6-10-20/h1-14,25H,15-18H2. The van der Waals surface area contributed by atoms with E-state index >= 15 is 0 Å². The summed E-state index contributed by atoms with van der Waals surface area (Å²) in [6, 6.07) is 28.6. The SMILES string of the molecule is OC1(c2ccc(-c3ccccc3)cc2)CN(Cc2ccccc2)CCO1. The summed E-state index contributed by atoms with van der Waals surface area (Å²) in [4.78, 5) is 2.24. The summed E-state index contributed by atoms with van der Waals surface area (Å²) in [6.45, 7) is 2.62. The van der Waals surface area contributed by atoms with E-state index in [9.17, 15) is 5.11 Å². The van der Waals surface area contributed by atoms with E-state index in [0.29, 0.717) is 13.2 Å². The van der Waals surface area contributed by atoms with Crippen LogP contribution < -0.4 is 0 Å². The number of β-amino-alcohol motifs (C(OH)–C–C–N with tert-alkyl or cyclic N) is 1. The van der Waals surface area contributed by atoms with Gasteiger partial charge in [-0.05, 0) is 16.7 Å².